The first-order valence-electron chi connectivity index (χ1n) is 6.85. The van der Waals surface area contributed by atoms with E-state index in [0.29, 0.717) is 24.9 Å². The van der Waals surface area contributed by atoms with Gasteiger partial charge in [-0.05, 0) is 62.1 Å². The number of hydrogen-bond donors (Lipinski definition) is 0. The molecule has 0 aromatic carbocycles. The number of carbonyl (C=O) groups excluding carboxylic acids is 1. The molecule has 3 nitrogen and oxygen atoms in total. The van der Waals surface area contributed by atoms with Gasteiger partial charge in [0.15, 0.2) is 0 Å². The first-order valence-corrected chi connectivity index (χ1v) is 6.85. The Kier molecular flexibility index (Phi) is 4.73. The number of pyridine rings is 1. The minimum atomic E-state index is -0.0372. The van der Waals surface area contributed by atoms with Crippen molar-refractivity contribution in [2.75, 3.05) is 6.61 Å². The van der Waals surface area contributed by atoms with E-state index in [-0.39, 0.29) is 5.97 Å². The third-order valence-corrected chi connectivity index (χ3v) is 3.78. The van der Waals surface area contributed by atoms with E-state index in [1.165, 1.54) is 18.4 Å². The van der Waals surface area contributed by atoms with Crippen LogP contribution in [0, 0.1) is 5.92 Å². The van der Waals surface area contributed by atoms with Crippen LogP contribution < -0.4 is 0 Å². The molecule has 98 valence electrons. The monoisotopic (exact) mass is 247 g/mol. The number of aromatic nitrogens is 1. The van der Waals surface area contributed by atoms with Crippen molar-refractivity contribution in [3.05, 3.63) is 30.1 Å². The highest BCUT2D eigenvalue weighted by Crippen LogP contribution is 2.36. The quantitative estimate of drug-likeness (QED) is 0.766. The van der Waals surface area contributed by atoms with Gasteiger partial charge >= 0.3 is 5.97 Å². The van der Waals surface area contributed by atoms with E-state index in [2.05, 4.69) is 17.1 Å². The first-order chi connectivity index (χ1) is 8.79. The highest BCUT2D eigenvalue weighted by molar-refractivity contribution is 5.69. The maximum atomic E-state index is 11.4. The molecule has 0 saturated heterocycles. The molecule has 0 atom stereocenters. The smallest absolute Gasteiger partial charge is 0.306 e. The summed E-state index contributed by atoms with van der Waals surface area (Å²) in [5.74, 6) is 1.12. The molecular formula is C15H21NO2. The highest BCUT2D eigenvalue weighted by Gasteiger charge is 2.24. The van der Waals surface area contributed by atoms with Crippen LogP contribution in [0.3, 0.4) is 0 Å². The van der Waals surface area contributed by atoms with Gasteiger partial charge in [-0.25, -0.2) is 0 Å². The molecule has 0 N–H and O–H groups in total. The largest absolute Gasteiger partial charge is 0.466 e. The molecule has 1 fully saturated rings. The molecule has 18 heavy (non-hydrogen) atoms. The van der Waals surface area contributed by atoms with Gasteiger partial charge in [-0.2, -0.15) is 0 Å². The van der Waals surface area contributed by atoms with E-state index >= 15 is 0 Å². The first kappa shape index (κ1) is 13.1. The van der Waals surface area contributed by atoms with Crippen molar-refractivity contribution in [3.8, 4) is 0 Å². The topological polar surface area (TPSA) is 39.2 Å². The van der Waals surface area contributed by atoms with Gasteiger partial charge in [0.1, 0.15) is 0 Å². The Hall–Kier alpha value is -1.38. The van der Waals surface area contributed by atoms with Crippen LogP contribution in [0.25, 0.3) is 0 Å². The molecular weight excluding hydrogens is 226 g/mol. The van der Waals surface area contributed by atoms with Crippen molar-refractivity contribution in [2.24, 2.45) is 5.92 Å². The highest BCUT2D eigenvalue weighted by atomic mass is 16.5. The van der Waals surface area contributed by atoms with Crippen molar-refractivity contribution in [1.82, 2.24) is 4.98 Å². The number of nitrogens with zero attached hydrogens (tertiary/aromatic N) is 1. The number of esters is 1. The predicted molar refractivity (Wildman–Crippen MR) is 70.2 cm³/mol. The van der Waals surface area contributed by atoms with Crippen molar-refractivity contribution < 1.29 is 9.53 Å². The normalized spacial score (nSPS) is 23.6. The molecule has 1 aromatic heterocycles. The van der Waals surface area contributed by atoms with Crippen LogP contribution in [-0.4, -0.2) is 17.6 Å². The minimum Gasteiger partial charge on any atom is -0.466 e. The predicted octanol–water partition coefficient (Wildman–Crippen LogP) is 3.31. The third-order valence-electron chi connectivity index (χ3n) is 3.78. The summed E-state index contributed by atoms with van der Waals surface area (Å²) in [6.07, 6.45) is 8.93. The Morgan fingerprint density at radius 1 is 1.28 bits per heavy atom. The van der Waals surface area contributed by atoms with Crippen LogP contribution in [0.5, 0.6) is 0 Å². The van der Waals surface area contributed by atoms with Gasteiger partial charge in [-0.3, -0.25) is 9.78 Å². The number of hydrogen-bond acceptors (Lipinski definition) is 3. The van der Waals surface area contributed by atoms with Crippen LogP contribution >= 0.6 is 0 Å². The molecule has 0 amide bonds. The Morgan fingerprint density at radius 2 is 1.94 bits per heavy atom. The van der Waals surface area contributed by atoms with E-state index < -0.39 is 0 Å². The van der Waals surface area contributed by atoms with E-state index in [1.54, 1.807) is 0 Å². The second-order valence-electron chi connectivity index (χ2n) is 5.01. The van der Waals surface area contributed by atoms with E-state index in [9.17, 15) is 4.79 Å². The maximum absolute atomic E-state index is 11.4. The SMILES string of the molecule is CCOC(=O)CC1CCC(c2ccncc2)CC1. The summed E-state index contributed by atoms with van der Waals surface area (Å²) in [5.41, 5.74) is 1.39. The summed E-state index contributed by atoms with van der Waals surface area (Å²) in [4.78, 5) is 15.5. The summed E-state index contributed by atoms with van der Waals surface area (Å²) in [5, 5.41) is 0. The lowest BCUT2D eigenvalue weighted by molar-refractivity contribution is -0.144. The summed E-state index contributed by atoms with van der Waals surface area (Å²) < 4.78 is 5.01. The molecule has 0 unspecified atom stereocenters. The molecule has 1 heterocycles. The average Bonchev–Trinajstić information content (AvgIpc) is 2.41. The molecule has 3 heteroatoms. The number of ether oxygens (including phenoxy) is 1. The van der Waals surface area contributed by atoms with Crippen molar-refractivity contribution >= 4 is 5.97 Å². The van der Waals surface area contributed by atoms with E-state index in [0.717, 1.165) is 12.8 Å². The second-order valence-corrected chi connectivity index (χ2v) is 5.01. The standard InChI is InChI=1S/C15H21NO2/c1-2-18-15(17)11-12-3-5-13(6-4-12)14-7-9-16-10-8-14/h7-10,12-13H,2-6,11H2,1H3. The van der Waals surface area contributed by atoms with Gasteiger partial charge in [-0.1, -0.05) is 0 Å². The van der Waals surface area contributed by atoms with Crippen molar-refractivity contribution in [3.63, 3.8) is 0 Å². The average molecular weight is 247 g/mol. The third kappa shape index (κ3) is 3.56. The summed E-state index contributed by atoms with van der Waals surface area (Å²) in [6, 6.07) is 4.21. The molecule has 2 rings (SSSR count). The zero-order valence-electron chi connectivity index (χ0n) is 11.0. The van der Waals surface area contributed by atoms with E-state index in [1.807, 2.05) is 19.3 Å². The molecule has 1 aromatic rings. The van der Waals surface area contributed by atoms with Crippen LogP contribution in [0.4, 0.5) is 0 Å². The summed E-state index contributed by atoms with van der Waals surface area (Å²) >= 11 is 0. The summed E-state index contributed by atoms with van der Waals surface area (Å²) in [7, 11) is 0. The van der Waals surface area contributed by atoms with Crippen LogP contribution in [0.2, 0.25) is 0 Å². The van der Waals surface area contributed by atoms with Crippen LogP contribution in [-0.2, 0) is 9.53 Å². The Bertz CT molecular complexity index is 369. The minimum absolute atomic E-state index is 0.0372. The van der Waals surface area contributed by atoms with E-state index in [4.69, 9.17) is 4.74 Å². The fourth-order valence-electron chi connectivity index (χ4n) is 2.79. The Morgan fingerprint density at radius 3 is 2.56 bits per heavy atom. The van der Waals surface area contributed by atoms with Crippen molar-refractivity contribution in [2.45, 2.75) is 44.9 Å². The lowest BCUT2D eigenvalue weighted by Crippen LogP contribution is -2.17. The Labute approximate surface area is 109 Å². The zero-order chi connectivity index (χ0) is 12.8. The van der Waals surface area contributed by atoms with Gasteiger partial charge in [0.25, 0.3) is 0 Å². The summed E-state index contributed by atoms with van der Waals surface area (Å²) in [6.45, 7) is 2.35. The molecule has 0 spiro atoms. The van der Waals surface area contributed by atoms with Crippen LogP contribution in [0.1, 0.15) is 50.5 Å². The number of rotatable bonds is 4. The van der Waals surface area contributed by atoms with Gasteiger partial charge in [0.2, 0.25) is 0 Å². The fraction of sp³-hybridized carbons (Fsp3) is 0.600. The van der Waals surface area contributed by atoms with Gasteiger partial charge < -0.3 is 4.74 Å². The molecule has 1 aliphatic carbocycles. The molecule has 1 aliphatic rings. The molecule has 0 aliphatic heterocycles. The Balaban J connectivity index is 1.80. The number of carbonyl (C=O) groups is 1. The van der Waals surface area contributed by atoms with Crippen molar-refractivity contribution in [1.29, 1.82) is 0 Å². The molecule has 0 radical (unpaired) electrons. The second kappa shape index (κ2) is 6.53. The lowest BCUT2D eigenvalue weighted by Gasteiger charge is -2.28. The molecule has 0 bridgehead atoms. The van der Waals surface area contributed by atoms with Crippen LogP contribution in [0.15, 0.2) is 24.5 Å². The fourth-order valence-corrected chi connectivity index (χ4v) is 2.79. The lowest BCUT2D eigenvalue weighted by atomic mass is 9.78. The van der Waals surface area contributed by atoms with Gasteiger partial charge in [0, 0.05) is 18.8 Å². The van der Waals surface area contributed by atoms with Gasteiger partial charge in [-0.15, -0.1) is 0 Å². The zero-order valence-corrected chi connectivity index (χ0v) is 11.0. The molecule has 1 saturated carbocycles. The van der Waals surface area contributed by atoms with Gasteiger partial charge in [0.05, 0.1) is 6.61 Å². The maximum Gasteiger partial charge on any atom is 0.306 e.